The van der Waals surface area contributed by atoms with Gasteiger partial charge in [-0.15, -0.1) is 11.8 Å². The van der Waals surface area contributed by atoms with Gasteiger partial charge in [0.05, 0.1) is 5.02 Å². The molecule has 0 amide bonds. The fraction of sp³-hybridized carbons (Fsp3) is 0.455. The highest BCUT2D eigenvalue weighted by atomic mass is 35.5. The number of hydrogen-bond acceptors (Lipinski definition) is 2. The Bertz CT molecular complexity index is 297. The Kier molecular flexibility index (Phi) is 4.63. The Morgan fingerprint density at radius 3 is 2.50 bits per heavy atom. The normalized spacial score (nSPS) is 10.9. The SMILES string of the molecule is CCC(CC)Sc1ccc(N)cc1Cl. The van der Waals surface area contributed by atoms with Crippen molar-refractivity contribution in [2.75, 3.05) is 5.73 Å². The van der Waals surface area contributed by atoms with Gasteiger partial charge in [-0.1, -0.05) is 25.4 Å². The van der Waals surface area contributed by atoms with E-state index < -0.39 is 0 Å². The number of nitrogens with two attached hydrogens (primary N) is 1. The Morgan fingerprint density at radius 1 is 1.36 bits per heavy atom. The first-order chi connectivity index (χ1) is 6.67. The third-order valence-corrected chi connectivity index (χ3v) is 4.19. The number of hydrogen-bond donors (Lipinski definition) is 1. The highest BCUT2D eigenvalue weighted by molar-refractivity contribution is 8.00. The predicted octanol–water partition coefficient (Wildman–Crippen LogP) is 4.20. The van der Waals surface area contributed by atoms with E-state index in [9.17, 15) is 0 Å². The van der Waals surface area contributed by atoms with Crippen LogP contribution in [-0.4, -0.2) is 5.25 Å². The first kappa shape index (κ1) is 11.7. The highest BCUT2D eigenvalue weighted by Crippen LogP contribution is 2.33. The van der Waals surface area contributed by atoms with Crippen molar-refractivity contribution < 1.29 is 0 Å². The first-order valence-electron chi connectivity index (χ1n) is 4.89. The summed E-state index contributed by atoms with van der Waals surface area (Å²) in [5.74, 6) is 0. The second-order valence-electron chi connectivity index (χ2n) is 3.25. The van der Waals surface area contributed by atoms with Crippen molar-refractivity contribution in [1.82, 2.24) is 0 Å². The van der Waals surface area contributed by atoms with Crippen molar-refractivity contribution >= 4 is 29.1 Å². The molecule has 1 aromatic rings. The molecule has 0 aliphatic heterocycles. The summed E-state index contributed by atoms with van der Waals surface area (Å²) in [7, 11) is 0. The lowest BCUT2D eigenvalue weighted by Crippen LogP contribution is -1.97. The Balaban J connectivity index is 2.76. The van der Waals surface area contributed by atoms with Gasteiger partial charge in [0.25, 0.3) is 0 Å². The number of nitrogen functional groups attached to an aromatic ring is 1. The zero-order chi connectivity index (χ0) is 10.6. The second kappa shape index (κ2) is 5.52. The molecular weight excluding hydrogens is 214 g/mol. The van der Waals surface area contributed by atoms with Crippen LogP contribution in [0.15, 0.2) is 23.1 Å². The predicted molar refractivity (Wildman–Crippen MR) is 66.1 cm³/mol. The van der Waals surface area contributed by atoms with Crippen molar-refractivity contribution in [1.29, 1.82) is 0 Å². The zero-order valence-corrected chi connectivity index (χ0v) is 10.2. The summed E-state index contributed by atoms with van der Waals surface area (Å²) in [5.41, 5.74) is 6.36. The number of halogens is 1. The van der Waals surface area contributed by atoms with E-state index in [1.165, 1.54) is 12.8 Å². The monoisotopic (exact) mass is 229 g/mol. The number of thioether (sulfide) groups is 1. The van der Waals surface area contributed by atoms with Crippen molar-refractivity contribution in [2.24, 2.45) is 0 Å². The minimum Gasteiger partial charge on any atom is -0.399 e. The van der Waals surface area contributed by atoms with Crippen LogP contribution in [0.25, 0.3) is 0 Å². The van der Waals surface area contributed by atoms with Gasteiger partial charge in [0.1, 0.15) is 0 Å². The molecular formula is C11H16ClNS. The molecule has 0 aromatic heterocycles. The second-order valence-corrected chi connectivity index (χ2v) is 5.00. The number of rotatable bonds is 4. The van der Waals surface area contributed by atoms with E-state index in [1.807, 2.05) is 30.0 Å². The minimum atomic E-state index is 0.649. The molecule has 0 aliphatic carbocycles. The van der Waals surface area contributed by atoms with Crippen LogP contribution in [0.5, 0.6) is 0 Å². The zero-order valence-electron chi connectivity index (χ0n) is 8.59. The minimum absolute atomic E-state index is 0.649. The molecule has 1 rings (SSSR count). The molecule has 0 aliphatic rings. The third kappa shape index (κ3) is 3.10. The van der Waals surface area contributed by atoms with Crippen LogP contribution in [0, 0.1) is 0 Å². The molecule has 0 fully saturated rings. The standard InChI is InChI=1S/C11H16ClNS/c1-3-9(4-2)14-11-6-5-8(13)7-10(11)12/h5-7,9H,3-4,13H2,1-2H3. The lowest BCUT2D eigenvalue weighted by Gasteiger charge is -2.12. The number of benzene rings is 1. The van der Waals surface area contributed by atoms with E-state index in [4.69, 9.17) is 17.3 Å². The summed E-state index contributed by atoms with van der Waals surface area (Å²) >= 11 is 7.92. The van der Waals surface area contributed by atoms with Crippen LogP contribution in [0.4, 0.5) is 5.69 Å². The van der Waals surface area contributed by atoms with Gasteiger partial charge in [-0.3, -0.25) is 0 Å². The average Bonchev–Trinajstić information content (AvgIpc) is 2.17. The number of anilines is 1. The molecule has 0 radical (unpaired) electrons. The Hall–Kier alpha value is -0.340. The van der Waals surface area contributed by atoms with Crippen LogP contribution in [0.1, 0.15) is 26.7 Å². The van der Waals surface area contributed by atoms with E-state index in [2.05, 4.69) is 13.8 Å². The van der Waals surface area contributed by atoms with Crippen LogP contribution in [-0.2, 0) is 0 Å². The Morgan fingerprint density at radius 2 is 2.00 bits per heavy atom. The summed E-state index contributed by atoms with van der Waals surface area (Å²) in [5, 5.41) is 1.41. The summed E-state index contributed by atoms with van der Waals surface area (Å²) in [6, 6.07) is 5.71. The van der Waals surface area contributed by atoms with E-state index in [0.717, 1.165) is 15.6 Å². The molecule has 0 saturated heterocycles. The van der Waals surface area contributed by atoms with Gasteiger partial charge in [0.2, 0.25) is 0 Å². The maximum absolute atomic E-state index is 6.09. The lowest BCUT2D eigenvalue weighted by atomic mass is 10.3. The van der Waals surface area contributed by atoms with Crippen LogP contribution < -0.4 is 5.73 Å². The fourth-order valence-corrected chi connectivity index (χ4v) is 2.58. The molecule has 1 aromatic carbocycles. The molecule has 2 N–H and O–H groups in total. The van der Waals surface area contributed by atoms with Gasteiger partial charge in [0, 0.05) is 15.8 Å². The van der Waals surface area contributed by atoms with Gasteiger partial charge >= 0.3 is 0 Å². The maximum Gasteiger partial charge on any atom is 0.0562 e. The van der Waals surface area contributed by atoms with E-state index in [0.29, 0.717) is 5.25 Å². The molecule has 0 atom stereocenters. The molecule has 0 bridgehead atoms. The topological polar surface area (TPSA) is 26.0 Å². The van der Waals surface area contributed by atoms with Crippen LogP contribution >= 0.6 is 23.4 Å². The van der Waals surface area contributed by atoms with E-state index in [1.54, 1.807) is 0 Å². The first-order valence-corrected chi connectivity index (χ1v) is 6.14. The van der Waals surface area contributed by atoms with Gasteiger partial charge < -0.3 is 5.73 Å². The van der Waals surface area contributed by atoms with Crippen LogP contribution in [0.2, 0.25) is 5.02 Å². The van der Waals surface area contributed by atoms with Gasteiger partial charge in [-0.25, -0.2) is 0 Å². The molecule has 0 saturated carbocycles. The highest BCUT2D eigenvalue weighted by Gasteiger charge is 2.08. The van der Waals surface area contributed by atoms with E-state index in [-0.39, 0.29) is 0 Å². The average molecular weight is 230 g/mol. The molecule has 0 spiro atoms. The molecule has 1 nitrogen and oxygen atoms in total. The van der Waals surface area contributed by atoms with E-state index >= 15 is 0 Å². The van der Waals surface area contributed by atoms with Crippen molar-refractivity contribution in [3.8, 4) is 0 Å². The third-order valence-electron chi connectivity index (χ3n) is 2.16. The molecule has 78 valence electrons. The molecule has 14 heavy (non-hydrogen) atoms. The fourth-order valence-electron chi connectivity index (χ4n) is 1.25. The quantitative estimate of drug-likeness (QED) is 0.619. The molecule has 3 heteroatoms. The van der Waals surface area contributed by atoms with Crippen molar-refractivity contribution in [2.45, 2.75) is 36.8 Å². The summed E-state index contributed by atoms with van der Waals surface area (Å²) < 4.78 is 0. The molecule has 0 unspecified atom stereocenters. The largest absolute Gasteiger partial charge is 0.399 e. The lowest BCUT2D eigenvalue weighted by molar-refractivity contribution is 0.792. The summed E-state index contributed by atoms with van der Waals surface area (Å²) in [6.07, 6.45) is 2.34. The molecule has 0 heterocycles. The Labute approximate surface area is 95.0 Å². The van der Waals surface area contributed by atoms with Gasteiger partial charge in [-0.2, -0.15) is 0 Å². The summed E-state index contributed by atoms with van der Waals surface area (Å²) in [6.45, 7) is 4.40. The summed E-state index contributed by atoms with van der Waals surface area (Å²) in [4.78, 5) is 1.13. The van der Waals surface area contributed by atoms with Gasteiger partial charge in [0.15, 0.2) is 0 Å². The maximum atomic E-state index is 6.09. The smallest absolute Gasteiger partial charge is 0.0562 e. The van der Waals surface area contributed by atoms with Gasteiger partial charge in [-0.05, 0) is 31.0 Å². The van der Waals surface area contributed by atoms with Crippen molar-refractivity contribution in [3.05, 3.63) is 23.2 Å². The van der Waals surface area contributed by atoms with Crippen molar-refractivity contribution in [3.63, 3.8) is 0 Å². The van der Waals surface area contributed by atoms with Crippen LogP contribution in [0.3, 0.4) is 0 Å².